The van der Waals surface area contributed by atoms with Gasteiger partial charge in [-0.25, -0.2) is 9.97 Å². The van der Waals surface area contributed by atoms with Crippen molar-refractivity contribution in [3.63, 3.8) is 0 Å². The van der Waals surface area contributed by atoms with E-state index in [0.29, 0.717) is 5.95 Å². The summed E-state index contributed by atoms with van der Waals surface area (Å²) in [5.41, 5.74) is 0.324. The van der Waals surface area contributed by atoms with Gasteiger partial charge in [0.25, 0.3) is 5.91 Å². The summed E-state index contributed by atoms with van der Waals surface area (Å²) >= 11 is 0. The highest BCUT2D eigenvalue weighted by atomic mass is 16.2. The molecular weight excluding hydrogens is 292 g/mol. The second-order valence-electron chi connectivity index (χ2n) is 6.21. The van der Waals surface area contributed by atoms with Gasteiger partial charge in [-0.05, 0) is 25.7 Å². The van der Waals surface area contributed by atoms with E-state index in [4.69, 9.17) is 4.98 Å². The molecule has 4 heterocycles. The number of anilines is 2. The van der Waals surface area contributed by atoms with Gasteiger partial charge in [-0.3, -0.25) is 9.36 Å². The second kappa shape index (κ2) is 5.04. The Hall–Kier alpha value is -2.44. The van der Waals surface area contributed by atoms with E-state index in [2.05, 4.69) is 21.8 Å². The average molecular weight is 312 g/mol. The predicted octanol–water partition coefficient (Wildman–Crippen LogP) is 1.78. The highest BCUT2D eigenvalue weighted by Crippen LogP contribution is 2.44. The van der Waals surface area contributed by atoms with Crippen LogP contribution < -0.4 is 9.80 Å². The smallest absolute Gasteiger partial charge is 0.252 e. The first-order valence-electron chi connectivity index (χ1n) is 8.08. The summed E-state index contributed by atoms with van der Waals surface area (Å²) in [5.74, 6) is 1.60. The number of fused-ring (bicyclic) bond motifs is 3. The van der Waals surface area contributed by atoms with Crippen molar-refractivity contribution in [2.75, 3.05) is 23.4 Å². The number of piperidine rings is 1. The van der Waals surface area contributed by atoms with Gasteiger partial charge in [-0.1, -0.05) is 6.92 Å². The largest absolute Gasteiger partial charge is 0.340 e. The van der Waals surface area contributed by atoms with E-state index in [1.807, 2.05) is 13.2 Å². The Morgan fingerprint density at radius 2 is 2.22 bits per heavy atom. The third-order valence-corrected chi connectivity index (χ3v) is 5.12. The number of hydrogen-bond donors (Lipinski definition) is 0. The van der Waals surface area contributed by atoms with Crippen molar-refractivity contribution >= 4 is 17.4 Å². The minimum Gasteiger partial charge on any atom is -0.340 e. The lowest BCUT2D eigenvalue weighted by atomic mass is 9.81. The van der Waals surface area contributed by atoms with E-state index in [1.54, 1.807) is 28.2 Å². The molecule has 1 atom stereocenters. The molecule has 0 saturated carbocycles. The normalized spacial score (nSPS) is 23.7. The van der Waals surface area contributed by atoms with Gasteiger partial charge >= 0.3 is 0 Å². The van der Waals surface area contributed by atoms with Gasteiger partial charge < -0.3 is 9.80 Å². The number of imidazole rings is 1. The van der Waals surface area contributed by atoms with E-state index < -0.39 is 5.54 Å². The number of carbonyl (C=O) groups is 1. The summed E-state index contributed by atoms with van der Waals surface area (Å²) in [4.78, 5) is 30.1. The van der Waals surface area contributed by atoms with E-state index in [-0.39, 0.29) is 5.91 Å². The number of nitrogens with zero attached hydrogens (tertiary/aromatic N) is 6. The molecule has 0 aromatic carbocycles. The quantitative estimate of drug-likeness (QED) is 0.845. The fraction of sp³-hybridized carbons (Fsp3) is 0.500. The van der Waals surface area contributed by atoms with Crippen LogP contribution >= 0.6 is 0 Å². The second-order valence-corrected chi connectivity index (χ2v) is 6.21. The molecule has 2 aliphatic heterocycles. The molecule has 0 radical (unpaired) electrons. The van der Waals surface area contributed by atoms with Gasteiger partial charge in [0.05, 0.1) is 6.20 Å². The molecule has 2 aromatic rings. The minimum absolute atomic E-state index is 0.159. The molecule has 0 aliphatic carbocycles. The van der Waals surface area contributed by atoms with Gasteiger partial charge in [0.1, 0.15) is 17.6 Å². The summed E-state index contributed by atoms with van der Waals surface area (Å²) in [6, 6.07) is 0. The van der Waals surface area contributed by atoms with Crippen LogP contribution in [0.3, 0.4) is 0 Å². The topological polar surface area (TPSA) is 67.2 Å². The highest BCUT2D eigenvalue weighted by molar-refractivity contribution is 6.07. The lowest BCUT2D eigenvalue weighted by Gasteiger charge is -2.51. The van der Waals surface area contributed by atoms with Gasteiger partial charge in [-0.2, -0.15) is 4.98 Å². The van der Waals surface area contributed by atoms with Crippen LogP contribution in [0.1, 0.15) is 32.6 Å². The Balaban J connectivity index is 1.89. The molecule has 2 aromatic heterocycles. The van der Waals surface area contributed by atoms with Crippen molar-refractivity contribution in [2.24, 2.45) is 0 Å². The first-order chi connectivity index (χ1) is 11.2. The zero-order valence-corrected chi connectivity index (χ0v) is 13.4. The van der Waals surface area contributed by atoms with Crippen LogP contribution in [0.4, 0.5) is 11.5 Å². The Morgan fingerprint density at radius 1 is 1.35 bits per heavy atom. The summed E-state index contributed by atoms with van der Waals surface area (Å²) in [7, 11) is 1.82. The van der Waals surface area contributed by atoms with Crippen molar-refractivity contribution in [3.8, 4) is 5.95 Å². The van der Waals surface area contributed by atoms with Gasteiger partial charge in [0.15, 0.2) is 5.82 Å². The van der Waals surface area contributed by atoms with E-state index >= 15 is 0 Å². The molecule has 23 heavy (non-hydrogen) atoms. The molecule has 0 unspecified atom stereocenters. The lowest BCUT2D eigenvalue weighted by Crippen LogP contribution is -2.64. The number of likely N-dealkylation sites (N-methyl/N-ethyl adjacent to an activating group) is 1. The van der Waals surface area contributed by atoms with Crippen molar-refractivity contribution in [2.45, 2.75) is 38.1 Å². The Bertz CT molecular complexity index is 743. The summed E-state index contributed by atoms with van der Waals surface area (Å²) in [6.07, 6.45) is 10.8. The number of hydrogen-bond acceptors (Lipinski definition) is 5. The number of carbonyl (C=O) groups excluding carboxylic acids is 1. The minimum atomic E-state index is -0.458. The third-order valence-electron chi connectivity index (χ3n) is 5.12. The summed E-state index contributed by atoms with van der Waals surface area (Å²) in [5, 5.41) is 0. The van der Waals surface area contributed by atoms with Crippen molar-refractivity contribution in [3.05, 3.63) is 24.9 Å². The SMILES string of the molecule is CC[C@]12CCCCN1c1nc(-n3ccnc3)ncc1N(C)C2=O. The number of amides is 1. The molecule has 120 valence electrons. The van der Waals surface area contributed by atoms with Crippen LogP contribution in [-0.4, -0.2) is 44.6 Å². The van der Waals surface area contributed by atoms with Gasteiger partial charge in [0, 0.05) is 26.0 Å². The maximum atomic E-state index is 13.0. The van der Waals surface area contributed by atoms with E-state index in [9.17, 15) is 4.79 Å². The van der Waals surface area contributed by atoms with Crippen molar-refractivity contribution in [1.82, 2.24) is 19.5 Å². The fourth-order valence-corrected chi connectivity index (χ4v) is 3.80. The molecule has 7 heteroatoms. The van der Waals surface area contributed by atoms with Crippen LogP contribution in [0, 0.1) is 0 Å². The first-order valence-corrected chi connectivity index (χ1v) is 8.08. The average Bonchev–Trinajstić information content (AvgIpc) is 3.13. The highest BCUT2D eigenvalue weighted by Gasteiger charge is 2.50. The molecule has 0 bridgehead atoms. The van der Waals surface area contributed by atoms with Crippen LogP contribution in [0.2, 0.25) is 0 Å². The fourth-order valence-electron chi connectivity index (χ4n) is 3.80. The monoisotopic (exact) mass is 312 g/mol. The van der Waals surface area contributed by atoms with Gasteiger partial charge in [-0.15, -0.1) is 0 Å². The molecule has 4 rings (SSSR count). The standard InChI is InChI=1S/C16H20N6O/c1-3-16-6-4-5-8-22(16)13-12(20(2)14(16)23)10-18-15(19-13)21-9-7-17-11-21/h7,9-11H,3-6,8H2,1-2H3/t16-/m1/s1. The molecule has 0 N–H and O–H groups in total. The molecule has 1 fully saturated rings. The molecule has 0 spiro atoms. The maximum absolute atomic E-state index is 13.0. The zero-order chi connectivity index (χ0) is 16.0. The van der Waals surface area contributed by atoms with E-state index in [1.165, 1.54) is 0 Å². The molecule has 1 amide bonds. The van der Waals surface area contributed by atoms with Crippen LogP contribution in [0.25, 0.3) is 5.95 Å². The van der Waals surface area contributed by atoms with Crippen molar-refractivity contribution in [1.29, 1.82) is 0 Å². The van der Waals surface area contributed by atoms with Crippen molar-refractivity contribution < 1.29 is 4.79 Å². The predicted molar refractivity (Wildman–Crippen MR) is 86.8 cm³/mol. The Kier molecular flexibility index (Phi) is 3.11. The molecule has 2 aliphatic rings. The summed E-state index contributed by atoms with van der Waals surface area (Å²) < 4.78 is 1.79. The van der Waals surface area contributed by atoms with E-state index in [0.717, 1.165) is 43.7 Å². The number of rotatable bonds is 2. The summed E-state index contributed by atoms with van der Waals surface area (Å²) in [6.45, 7) is 2.95. The third kappa shape index (κ3) is 1.89. The molecule has 7 nitrogen and oxygen atoms in total. The Morgan fingerprint density at radius 3 is 2.96 bits per heavy atom. The zero-order valence-electron chi connectivity index (χ0n) is 13.4. The van der Waals surface area contributed by atoms with Crippen LogP contribution in [0.15, 0.2) is 24.9 Å². The molecular formula is C16H20N6O. The number of aromatic nitrogens is 4. The molecule has 1 saturated heterocycles. The first kappa shape index (κ1) is 14.2. The van der Waals surface area contributed by atoms with Gasteiger partial charge in [0.2, 0.25) is 5.95 Å². The Labute approximate surface area is 135 Å². The van der Waals surface area contributed by atoms with Crippen LogP contribution in [0.5, 0.6) is 0 Å². The lowest BCUT2D eigenvalue weighted by molar-refractivity contribution is -0.124. The van der Waals surface area contributed by atoms with Crippen LogP contribution in [-0.2, 0) is 4.79 Å². The maximum Gasteiger partial charge on any atom is 0.252 e.